The third-order valence-corrected chi connectivity index (χ3v) is 17.0. The summed E-state index contributed by atoms with van der Waals surface area (Å²) in [4.78, 5) is 0. The number of fused-ring (bicyclic) bond motifs is 3. The molecule has 0 aliphatic heterocycles. The van der Waals surface area contributed by atoms with Gasteiger partial charge in [0.25, 0.3) is 0 Å². The molecule has 2 aliphatic carbocycles. The number of allylic oxidation sites excluding steroid dienone is 4. The fourth-order valence-corrected chi connectivity index (χ4v) is 15.1. The molecule has 0 nitrogen and oxygen atoms in total. The van der Waals surface area contributed by atoms with Crippen LogP contribution < -0.4 is 10.4 Å². The average molecular weight is 581 g/mol. The molecule has 4 aromatic rings. The second-order valence-electron chi connectivity index (χ2n) is 15.4. The predicted molar refractivity (Wildman–Crippen MR) is 190 cm³/mol. The average Bonchev–Trinajstić information content (AvgIpc) is 3.40. The van der Waals surface area contributed by atoms with Gasteiger partial charge in [0.05, 0.1) is 0 Å². The van der Waals surface area contributed by atoms with Crippen molar-refractivity contribution in [3.05, 3.63) is 142 Å². The first kappa shape index (κ1) is 29.6. The number of hydrogen-bond acceptors (Lipinski definition) is 0. The van der Waals surface area contributed by atoms with Gasteiger partial charge >= 0.3 is 0 Å². The van der Waals surface area contributed by atoms with Gasteiger partial charge in [0, 0.05) is 10.6 Å². The minimum Gasteiger partial charge on any atom is -0.0733 e. The molecule has 1 atom stereocenters. The van der Waals surface area contributed by atoms with E-state index in [9.17, 15) is 0 Å². The summed E-state index contributed by atoms with van der Waals surface area (Å²) >= 11 is 0. The zero-order valence-corrected chi connectivity index (χ0v) is 28.9. The maximum absolute atomic E-state index is 2.75. The van der Waals surface area contributed by atoms with E-state index in [0.717, 1.165) is 0 Å². The van der Waals surface area contributed by atoms with E-state index in [1.165, 1.54) is 60.5 Å². The summed E-state index contributed by atoms with van der Waals surface area (Å²) in [6, 6.07) is 38.1. The van der Waals surface area contributed by atoms with Crippen LogP contribution in [0.3, 0.4) is 0 Å². The molecule has 0 saturated carbocycles. The van der Waals surface area contributed by atoms with Crippen LogP contribution in [0.2, 0.25) is 5.04 Å². The lowest BCUT2D eigenvalue weighted by molar-refractivity contribution is 0.589. The van der Waals surface area contributed by atoms with E-state index in [1.54, 1.807) is 0 Å². The number of rotatable bonds is 4. The molecule has 0 bridgehead atoms. The monoisotopic (exact) mass is 580 g/mol. The molecule has 0 spiro atoms. The Balaban J connectivity index is 1.84. The first-order valence-corrected chi connectivity index (χ1v) is 18.1. The van der Waals surface area contributed by atoms with Gasteiger partial charge < -0.3 is 0 Å². The number of hydrogen-bond donors (Lipinski definition) is 0. The van der Waals surface area contributed by atoms with E-state index in [0.29, 0.717) is 0 Å². The van der Waals surface area contributed by atoms with Crippen LogP contribution >= 0.6 is 0 Å². The van der Waals surface area contributed by atoms with Crippen molar-refractivity contribution in [2.75, 3.05) is 0 Å². The van der Waals surface area contributed by atoms with Crippen molar-refractivity contribution in [3.8, 4) is 11.1 Å². The smallest absolute Gasteiger partial charge is 0.0733 e. The van der Waals surface area contributed by atoms with Gasteiger partial charge in [-0.3, -0.25) is 0 Å². The molecule has 4 aromatic carbocycles. The fourth-order valence-electron chi connectivity index (χ4n) is 8.21. The van der Waals surface area contributed by atoms with E-state index in [-0.39, 0.29) is 21.4 Å². The quantitative estimate of drug-likeness (QED) is 0.211. The van der Waals surface area contributed by atoms with E-state index >= 15 is 0 Å². The predicted octanol–water partition coefficient (Wildman–Crippen LogP) is 10.3. The molecule has 2 aliphatic rings. The minimum absolute atomic E-state index is 0.0643. The van der Waals surface area contributed by atoms with Gasteiger partial charge in [-0.1, -0.05) is 173 Å². The van der Waals surface area contributed by atoms with Crippen molar-refractivity contribution >= 4 is 18.4 Å². The topological polar surface area (TPSA) is 0 Å². The Labute approximate surface area is 261 Å². The van der Waals surface area contributed by atoms with Gasteiger partial charge in [0.1, 0.15) is 8.07 Å². The molecule has 6 rings (SSSR count). The van der Waals surface area contributed by atoms with Crippen LogP contribution in [0.25, 0.3) is 11.1 Å². The lowest BCUT2D eigenvalue weighted by Gasteiger charge is -2.51. The third kappa shape index (κ3) is 4.38. The van der Waals surface area contributed by atoms with Gasteiger partial charge in [-0.15, -0.1) is 0 Å². The standard InChI is InChI=1S/C42H48Si/c1-28-27-42(10,30(3)29(28)2)43(33-17-13-11-14-18-33,34-19-15-12-16-20-34)39-37-25-31(40(4,5)6)21-23-35(37)36-24-22-32(26-38(36)39)41(7,8)9/h11-27,39H,1-10H3. The molecule has 0 heterocycles. The maximum Gasteiger partial charge on any atom is 0.142 e. The third-order valence-electron chi connectivity index (χ3n) is 10.9. The van der Waals surface area contributed by atoms with Crippen molar-refractivity contribution in [2.24, 2.45) is 0 Å². The maximum atomic E-state index is 2.66. The second kappa shape index (κ2) is 10.1. The molecule has 43 heavy (non-hydrogen) atoms. The molecule has 0 aromatic heterocycles. The molecule has 1 unspecified atom stereocenters. The first-order valence-electron chi connectivity index (χ1n) is 16.0. The zero-order chi connectivity index (χ0) is 30.9. The van der Waals surface area contributed by atoms with Gasteiger partial charge in [-0.2, -0.15) is 0 Å². The van der Waals surface area contributed by atoms with E-state index in [2.05, 4.69) is 172 Å². The lowest BCUT2D eigenvalue weighted by atomic mass is 9.85. The van der Waals surface area contributed by atoms with Gasteiger partial charge in [-0.05, 0) is 70.6 Å². The van der Waals surface area contributed by atoms with E-state index in [4.69, 9.17) is 0 Å². The Morgan fingerprint density at radius 2 is 1.00 bits per heavy atom. The summed E-state index contributed by atoms with van der Waals surface area (Å²) in [7, 11) is -2.75. The zero-order valence-electron chi connectivity index (χ0n) is 27.9. The van der Waals surface area contributed by atoms with Crippen LogP contribution in [-0.2, 0) is 10.8 Å². The van der Waals surface area contributed by atoms with Crippen LogP contribution in [0.5, 0.6) is 0 Å². The highest BCUT2D eigenvalue weighted by Crippen LogP contribution is 2.61. The molecule has 0 saturated heterocycles. The van der Waals surface area contributed by atoms with Gasteiger partial charge in [0.15, 0.2) is 0 Å². The number of benzene rings is 4. The van der Waals surface area contributed by atoms with Crippen molar-refractivity contribution in [1.29, 1.82) is 0 Å². The molecular formula is C42H48Si. The fraction of sp³-hybridized carbons (Fsp3) is 0.333. The summed E-state index contributed by atoms with van der Waals surface area (Å²) in [5, 5.41) is 2.89. The van der Waals surface area contributed by atoms with Crippen molar-refractivity contribution in [1.82, 2.24) is 0 Å². The Morgan fingerprint density at radius 1 is 0.581 bits per heavy atom. The summed E-state index contributed by atoms with van der Waals surface area (Å²) < 4.78 is 0. The largest absolute Gasteiger partial charge is 0.142 e. The Kier molecular flexibility index (Phi) is 6.94. The SMILES string of the molecule is CC1=CC(C)([Si](c2ccccc2)(c2ccccc2)C2c3cc(C(C)(C)C)ccc3-c3ccc(C(C)(C)C)cc32)C(C)=C1C. The van der Waals surface area contributed by atoms with E-state index in [1.807, 2.05) is 0 Å². The summed E-state index contributed by atoms with van der Waals surface area (Å²) in [5.74, 6) is 0. The summed E-state index contributed by atoms with van der Waals surface area (Å²) in [6.07, 6.45) is 2.66. The Bertz CT molecular complexity index is 1650. The molecule has 0 N–H and O–H groups in total. The van der Waals surface area contributed by atoms with Crippen LogP contribution in [0.4, 0.5) is 0 Å². The minimum atomic E-state index is -2.75. The molecule has 0 amide bonds. The Morgan fingerprint density at radius 3 is 1.35 bits per heavy atom. The summed E-state index contributed by atoms with van der Waals surface area (Å²) in [6.45, 7) is 23.8. The molecular weight excluding hydrogens is 533 g/mol. The lowest BCUT2D eigenvalue weighted by Crippen LogP contribution is -2.69. The molecule has 220 valence electrons. The summed E-state index contributed by atoms with van der Waals surface area (Å²) in [5.41, 5.74) is 13.5. The molecule has 1 heteroatoms. The normalized spacial score (nSPS) is 19.0. The highest BCUT2D eigenvalue weighted by molar-refractivity contribution is 7.06. The van der Waals surface area contributed by atoms with Crippen molar-refractivity contribution in [3.63, 3.8) is 0 Å². The van der Waals surface area contributed by atoms with E-state index < -0.39 is 8.07 Å². The Hall–Kier alpha value is -3.42. The molecule has 0 fully saturated rings. The van der Waals surface area contributed by atoms with Crippen LogP contribution in [0.1, 0.15) is 97.0 Å². The van der Waals surface area contributed by atoms with Crippen LogP contribution in [0.15, 0.2) is 120 Å². The first-order chi connectivity index (χ1) is 20.2. The van der Waals surface area contributed by atoms with Crippen LogP contribution in [0, 0.1) is 0 Å². The van der Waals surface area contributed by atoms with Gasteiger partial charge in [0.2, 0.25) is 0 Å². The second-order valence-corrected chi connectivity index (χ2v) is 19.7. The van der Waals surface area contributed by atoms with Crippen molar-refractivity contribution in [2.45, 2.75) is 90.6 Å². The highest BCUT2D eigenvalue weighted by atomic mass is 28.3. The van der Waals surface area contributed by atoms with Crippen molar-refractivity contribution < 1.29 is 0 Å². The van der Waals surface area contributed by atoms with Gasteiger partial charge in [-0.25, -0.2) is 0 Å². The highest BCUT2D eigenvalue weighted by Gasteiger charge is 2.61. The molecule has 0 radical (unpaired) electrons. The van der Waals surface area contributed by atoms with Crippen LogP contribution in [-0.4, -0.2) is 8.07 Å².